The molecule has 2 rings (SSSR count). The van der Waals surface area contributed by atoms with Crippen LogP contribution in [0.5, 0.6) is 0 Å². The van der Waals surface area contributed by atoms with Crippen LogP contribution < -0.4 is 5.73 Å². The van der Waals surface area contributed by atoms with Crippen LogP contribution in [0.3, 0.4) is 0 Å². The average molecular weight is 216 g/mol. The third kappa shape index (κ3) is 1.97. The molecule has 0 aliphatic heterocycles. The second-order valence-electron chi connectivity index (χ2n) is 3.75. The second-order valence-corrected chi connectivity index (χ2v) is 3.75. The number of hydrogen-bond donors (Lipinski definition) is 1. The van der Waals surface area contributed by atoms with E-state index < -0.39 is 0 Å². The highest BCUT2D eigenvalue weighted by molar-refractivity contribution is 5.34. The van der Waals surface area contributed by atoms with Crippen LogP contribution in [-0.4, -0.2) is 14.8 Å². The van der Waals surface area contributed by atoms with E-state index in [1.165, 1.54) is 5.56 Å². The molecule has 0 atom stereocenters. The van der Waals surface area contributed by atoms with Gasteiger partial charge < -0.3 is 5.73 Å². The quantitative estimate of drug-likeness (QED) is 0.847. The summed E-state index contributed by atoms with van der Waals surface area (Å²) in [7, 11) is 0. The lowest BCUT2D eigenvalue weighted by Gasteiger charge is -2.04. The van der Waals surface area contributed by atoms with Crippen LogP contribution in [-0.2, 0) is 13.0 Å². The van der Waals surface area contributed by atoms with Gasteiger partial charge in [-0.05, 0) is 19.1 Å². The summed E-state index contributed by atoms with van der Waals surface area (Å²) in [6.07, 6.45) is 0.848. The van der Waals surface area contributed by atoms with Gasteiger partial charge in [0.2, 0.25) is 0 Å². The monoisotopic (exact) mass is 216 g/mol. The zero-order valence-corrected chi connectivity index (χ0v) is 9.64. The first-order valence-corrected chi connectivity index (χ1v) is 5.46. The van der Waals surface area contributed by atoms with E-state index in [0.29, 0.717) is 12.4 Å². The van der Waals surface area contributed by atoms with Crippen molar-refractivity contribution >= 4 is 0 Å². The third-order valence-corrected chi connectivity index (χ3v) is 2.50. The predicted molar refractivity (Wildman–Crippen MR) is 63.4 cm³/mol. The first-order valence-electron chi connectivity index (χ1n) is 5.46. The standard InChI is InChI=1S/C12H16N4/c1-3-12-14-11(8-13)15-16(12)10-6-4-9(2)5-7-10/h4-7H,3,8,13H2,1-2H3. The maximum atomic E-state index is 5.55. The molecule has 0 aliphatic carbocycles. The van der Waals surface area contributed by atoms with Crippen molar-refractivity contribution in [2.24, 2.45) is 5.73 Å². The first kappa shape index (κ1) is 10.8. The van der Waals surface area contributed by atoms with Gasteiger partial charge in [-0.2, -0.15) is 0 Å². The average Bonchev–Trinajstić information content (AvgIpc) is 2.73. The Labute approximate surface area is 95.1 Å². The SMILES string of the molecule is CCc1nc(CN)nn1-c1ccc(C)cc1. The molecule has 1 aromatic heterocycles. The molecular weight excluding hydrogens is 200 g/mol. The topological polar surface area (TPSA) is 56.7 Å². The largest absolute Gasteiger partial charge is 0.324 e. The van der Waals surface area contributed by atoms with Gasteiger partial charge in [-0.15, -0.1) is 5.10 Å². The minimum Gasteiger partial charge on any atom is -0.324 e. The molecule has 4 heteroatoms. The van der Waals surface area contributed by atoms with E-state index in [9.17, 15) is 0 Å². The van der Waals surface area contributed by atoms with Crippen LogP contribution >= 0.6 is 0 Å². The Balaban J connectivity index is 2.45. The Bertz CT molecular complexity index is 470. The highest BCUT2D eigenvalue weighted by Gasteiger charge is 2.08. The van der Waals surface area contributed by atoms with E-state index in [1.807, 2.05) is 16.8 Å². The Kier molecular flexibility index (Phi) is 3.01. The van der Waals surface area contributed by atoms with Gasteiger partial charge in [0.25, 0.3) is 0 Å². The van der Waals surface area contributed by atoms with Gasteiger partial charge in [0.15, 0.2) is 5.82 Å². The molecule has 0 saturated carbocycles. The molecule has 2 aromatic rings. The summed E-state index contributed by atoms with van der Waals surface area (Å²) in [5.41, 5.74) is 7.82. The molecule has 0 aliphatic rings. The van der Waals surface area contributed by atoms with Crippen molar-refractivity contribution in [3.63, 3.8) is 0 Å². The normalized spacial score (nSPS) is 10.7. The van der Waals surface area contributed by atoms with Crippen molar-refractivity contribution in [3.05, 3.63) is 41.5 Å². The molecule has 1 heterocycles. The Morgan fingerprint density at radius 1 is 1.25 bits per heavy atom. The van der Waals surface area contributed by atoms with Gasteiger partial charge in [-0.3, -0.25) is 0 Å². The lowest BCUT2D eigenvalue weighted by atomic mass is 10.2. The molecular formula is C12H16N4. The second kappa shape index (κ2) is 4.45. The van der Waals surface area contributed by atoms with Crippen molar-refractivity contribution < 1.29 is 0 Å². The molecule has 0 fully saturated rings. The summed E-state index contributed by atoms with van der Waals surface area (Å²) in [6, 6.07) is 8.23. The lowest BCUT2D eigenvalue weighted by Crippen LogP contribution is -2.02. The van der Waals surface area contributed by atoms with Crippen molar-refractivity contribution in [2.75, 3.05) is 0 Å². The Hall–Kier alpha value is -1.68. The van der Waals surface area contributed by atoms with Crippen molar-refractivity contribution in [2.45, 2.75) is 26.8 Å². The number of aromatic nitrogens is 3. The van der Waals surface area contributed by atoms with Crippen LogP contribution in [0.15, 0.2) is 24.3 Å². The van der Waals surface area contributed by atoms with E-state index in [1.54, 1.807) is 0 Å². The molecule has 0 amide bonds. The fourth-order valence-electron chi connectivity index (χ4n) is 1.60. The van der Waals surface area contributed by atoms with Crippen molar-refractivity contribution in [1.82, 2.24) is 14.8 Å². The van der Waals surface area contributed by atoms with Gasteiger partial charge in [-0.1, -0.05) is 24.6 Å². The lowest BCUT2D eigenvalue weighted by molar-refractivity contribution is 0.788. The summed E-state index contributed by atoms with van der Waals surface area (Å²) in [4.78, 5) is 4.37. The molecule has 0 spiro atoms. The number of nitrogens with two attached hydrogens (primary N) is 1. The van der Waals surface area contributed by atoms with E-state index >= 15 is 0 Å². The summed E-state index contributed by atoms with van der Waals surface area (Å²) >= 11 is 0. The van der Waals surface area contributed by atoms with Crippen molar-refractivity contribution in [1.29, 1.82) is 0 Å². The highest BCUT2D eigenvalue weighted by atomic mass is 15.4. The number of rotatable bonds is 3. The van der Waals surface area contributed by atoms with Gasteiger partial charge in [-0.25, -0.2) is 9.67 Å². The van der Waals surface area contributed by atoms with E-state index in [4.69, 9.17) is 5.73 Å². The van der Waals surface area contributed by atoms with E-state index in [2.05, 4.69) is 36.1 Å². The minimum absolute atomic E-state index is 0.381. The fraction of sp³-hybridized carbons (Fsp3) is 0.333. The molecule has 0 unspecified atom stereocenters. The Morgan fingerprint density at radius 2 is 1.94 bits per heavy atom. The van der Waals surface area contributed by atoms with Gasteiger partial charge in [0.1, 0.15) is 5.82 Å². The highest BCUT2D eigenvalue weighted by Crippen LogP contribution is 2.11. The number of benzene rings is 1. The van der Waals surface area contributed by atoms with Gasteiger partial charge in [0.05, 0.1) is 12.2 Å². The molecule has 0 bridgehead atoms. The molecule has 4 nitrogen and oxygen atoms in total. The molecule has 84 valence electrons. The maximum absolute atomic E-state index is 5.55. The minimum atomic E-state index is 0.381. The summed E-state index contributed by atoms with van der Waals surface area (Å²) < 4.78 is 1.86. The number of hydrogen-bond acceptors (Lipinski definition) is 3. The van der Waals surface area contributed by atoms with Gasteiger partial charge >= 0.3 is 0 Å². The van der Waals surface area contributed by atoms with E-state index in [-0.39, 0.29) is 0 Å². The third-order valence-electron chi connectivity index (χ3n) is 2.50. The number of aryl methyl sites for hydroxylation is 2. The van der Waals surface area contributed by atoms with Crippen molar-refractivity contribution in [3.8, 4) is 5.69 Å². The molecule has 0 radical (unpaired) electrons. The van der Waals surface area contributed by atoms with Gasteiger partial charge in [0, 0.05) is 6.42 Å². The predicted octanol–water partition coefficient (Wildman–Crippen LogP) is 1.60. The fourth-order valence-corrected chi connectivity index (χ4v) is 1.60. The van der Waals surface area contributed by atoms with Crippen LogP contribution in [0.1, 0.15) is 24.1 Å². The number of nitrogens with zero attached hydrogens (tertiary/aromatic N) is 3. The van der Waals surface area contributed by atoms with Crippen LogP contribution in [0.2, 0.25) is 0 Å². The smallest absolute Gasteiger partial charge is 0.164 e. The van der Waals surface area contributed by atoms with Crippen LogP contribution in [0.25, 0.3) is 5.69 Å². The first-order chi connectivity index (χ1) is 7.74. The molecule has 1 aromatic carbocycles. The Morgan fingerprint density at radius 3 is 2.50 bits per heavy atom. The zero-order valence-electron chi connectivity index (χ0n) is 9.64. The molecule has 2 N–H and O–H groups in total. The summed E-state index contributed by atoms with van der Waals surface area (Å²) in [6.45, 7) is 4.51. The molecule has 0 saturated heterocycles. The zero-order chi connectivity index (χ0) is 11.5. The maximum Gasteiger partial charge on any atom is 0.164 e. The van der Waals surface area contributed by atoms with Crippen LogP contribution in [0.4, 0.5) is 0 Å². The molecule has 16 heavy (non-hydrogen) atoms. The van der Waals surface area contributed by atoms with Crippen LogP contribution in [0, 0.1) is 6.92 Å². The van der Waals surface area contributed by atoms with E-state index in [0.717, 1.165) is 17.9 Å². The summed E-state index contributed by atoms with van der Waals surface area (Å²) in [5, 5.41) is 4.38. The summed E-state index contributed by atoms with van der Waals surface area (Å²) in [5.74, 6) is 1.64.